The first-order valence-electron chi connectivity index (χ1n) is 6.90. The maximum absolute atomic E-state index is 11.8. The summed E-state index contributed by atoms with van der Waals surface area (Å²) < 4.78 is 5.62. The number of likely N-dealkylation sites (N-methyl/N-ethyl adjacent to an activating group) is 1. The zero-order valence-electron chi connectivity index (χ0n) is 11.8. The minimum atomic E-state index is -0.407. The topological polar surface area (TPSA) is 67.6 Å². The molecule has 0 radical (unpaired) electrons. The quantitative estimate of drug-likeness (QED) is 0.713. The predicted octanol–water partition coefficient (Wildman–Crippen LogP) is 0.197. The normalized spacial score (nSPS) is 23.1. The Hall–Kier alpha value is -0.650. The number of nitrogens with one attached hydrogen (secondary N) is 1. The molecule has 0 spiro atoms. The van der Waals surface area contributed by atoms with Crippen molar-refractivity contribution < 1.29 is 9.53 Å². The number of carbonyl (C=O) groups is 1. The third kappa shape index (κ3) is 5.33. The van der Waals surface area contributed by atoms with Gasteiger partial charge in [0.25, 0.3) is 0 Å². The molecule has 1 unspecified atom stereocenters. The van der Waals surface area contributed by atoms with Crippen molar-refractivity contribution in [2.75, 3.05) is 32.8 Å². The zero-order valence-corrected chi connectivity index (χ0v) is 11.8. The van der Waals surface area contributed by atoms with E-state index in [-0.39, 0.29) is 12.0 Å². The number of ether oxygens (including phenoxy) is 1. The maximum atomic E-state index is 11.8. The van der Waals surface area contributed by atoms with Gasteiger partial charge >= 0.3 is 0 Å². The predicted molar refractivity (Wildman–Crippen MR) is 72.3 cm³/mol. The first-order chi connectivity index (χ1) is 8.52. The summed E-state index contributed by atoms with van der Waals surface area (Å²) in [5.74, 6) is 0.369. The van der Waals surface area contributed by atoms with Crippen molar-refractivity contribution in [2.24, 2.45) is 11.7 Å². The molecule has 1 aliphatic heterocycles. The summed E-state index contributed by atoms with van der Waals surface area (Å²) in [7, 11) is 0. The van der Waals surface area contributed by atoms with E-state index in [0.29, 0.717) is 12.5 Å². The molecule has 0 aromatic heterocycles. The summed E-state index contributed by atoms with van der Waals surface area (Å²) in [6, 6.07) is -0.407. The van der Waals surface area contributed by atoms with E-state index in [1.165, 1.54) is 0 Å². The number of amides is 1. The Kier molecular flexibility index (Phi) is 6.60. The van der Waals surface area contributed by atoms with Crippen molar-refractivity contribution in [1.29, 1.82) is 0 Å². The molecular formula is C13H27N3O2. The van der Waals surface area contributed by atoms with Gasteiger partial charge in [-0.2, -0.15) is 0 Å². The number of rotatable bonds is 6. The van der Waals surface area contributed by atoms with E-state index >= 15 is 0 Å². The first-order valence-corrected chi connectivity index (χ1v) is 6.90. The standard InChI is InChI=1S/C13H27N3O2/c1-4-16-5-6-18-11(9-16)8-15-13(17)12(14)7-10(2)3/h10-12H,4-9,14H2,1-3H3,(H,15,17)/t11?,12-/m0/s1. The molecule has 1 saturated heterocycles. The third-order valence-corrected chi connectivity index (χ3v) is 3.24. The number of carbonyl (C=O) groups excluding carboxylic acids is 1. The van der Waals surface area contributed by atoms with Crippen LogP contribution in [0.1, 0.15) is 27.2 Å². The van der Waals surface area contributed by atoms with Gasteiger partial charge in [-0.1, -0.05) is 20.8 Å². The van der Waals surface area contributed by atoms with E-state index in [4.69, 9.17) is 10.5 Å². The molecular weight excluding hydrogens is 230 g/mol. The summed E-state index contributed by atoms with van der Waals surface area (Å²) in [6.07, 6.45) is 0.812. The van der Waals surface area contributed by atoms with Crippen LogP contribution in [0.3, 0.4) is 0 Å². The van der Waals surface area contributed by atoms with Crippen LogP contribution in [0.2, 0.25) is 0 Å². The highest BCUT2D eigenvalue weighted by molar-refractivity contribution is 5.81. The average molecular weight is 257 g/mol. The molecule has 0 aromatic rings. The first kappa shape index (κ1) is 15.4. The van der Waals surface area contributed by atoms with Gasteiger partial charge in [-0.25, -0.2) is 0 Å². The molecule has 0 aliphatic carbocycles. The highest BCUT2D eigenvalue weighted by Crippen LogP contribution is 2.05. The van der Waals surface area contributed by atoms with Crippen molar-refractivity contribution in [2.45, 2.75) is 39.3 Å². The molecule has 0 bridgehead atoms. The Labute approximate surface area is 110 Å². The molecule has 106 valence electrons. The van der Waals surface area contributed by atoms with Crippen molar-refractivity contribution in [3.05, 3.63) is 0 Å². The number of morpholine rings is 1. The average Bonchev–Trinajstić information content (AvgIpc) is 2.35. The van der Waals surface area contributed by atoms with E-state index < -0.39 is 6.04 Å². The van der Waals surface area contributed by atoms with E-state index in [1.807, 2.05) is 0 Å². The molecule has 1 amide bonds. The Morgan fingerprint density at radius 1 is 1.56 bits per heavy atom. The third-order valence-electron chi connectivity index (χ3n) is 3.24. The van der Waals surface area contributed by atoms with Crippen molar-refractivity contribution >= 4 is 5.91 Å². The van der Waals surface area contributed by atoms with Gasteiger partial charge in [0.05, 0.1) is 18.8 Å². The van der Waals surface area contributed by atoms with Gasteiger partial charge in [-0.05, 0) is 18.9 Å². The van der Waals surface area contributed by atoms with Gasteiger partial charge in [0.1, 0.15) is 0 Å². The van der Waals surface area contributed by atoms with Crippen LogP contribution < -0.4 is 11.1 Å². The van der Waals surface area contributed by atoms with Crippen LogP contribution in [-0.4, -0.2) is 55.7 Å². The highest BCUT2D eigenvalue weighted by atomic mass is 16.5. The number of hydrogen-bond acceptors (Lipinski definition) is 4. The van der Waals surface area contributed by atoms with Gasteiger partial charge in [-0.15, -0.1) is 0 Å². The molecule has 18 heavy (non-hydrogen) atoms. The molecule has 5 heteroatoms. The molecule has 1 aliphatic rings. The lowest BCUT2D eigenvalue weighted by Crippen LogP contribution is -2.50. The zero-order chi connectivity index (χ0) is 13.5. The van der Waals surface area contributed by atoms with Crippen molar-refractivity contribution in [3.63, 3.8) is 0 Å². The lowest BCUT2D eigenvalue weighted by atomic mass is 10.0. The van der Waals surface area contributed by atoms with Gasteiger partial charge < -0.3 is 15.8 Å². The summed E-state index contributed by atoms with van der Waals surface area (Å²) >= 11 is 0. The van der Waals surface area contributed by atoms with E-state index in [0.717, 1.165) is 32.7 Å². The van der Waals surface area contributed by atoms with E-state index in [2.05, 4.69) is 31.0 Å². The van der Waals surface area contributed by atoms with E-state index in [9.17, 15) is 4.79 Å². The fourth-order valence-corrected chi connectivity index (χ4v) is 2.15. The molecule has 0 aromatic carbocycles. The van der Waals surface area contributed by atoms with Crippen LogP contribution in [-0.2, 0) is 9.53 Å². The largest absolute Gasteiger partial charge is 0.374 e. The lowest BCUT2D eigenvalue weighted by molar-refractivity contribution is -0.123. The minimum Gasteiger partial charge on any atom is -0.374 e. The monoisotopic (exact) mass is 257 g/mol. The smallest absolute Gasteiger partial charge is 0.237 e. The second-order valence-corrected chi connectivity index (χ2v) is 5.37. The minimum absolute atomic E-state index is 0.0686. The van der Waals surface area contributed by atoms with Crippen molar-refractivity contribution in [1.82, 2.24) is 10.2 Å². The molecule has 0 saturated carbocycles. The summed E-state index contributed by atoms with van der Waals surface area (Å²) in [6.45, 7) is 10.5. The molecule has 1 rings (SSSR count). The molecule has 1 fully saturated rings. The fourth-order valence-electron chi connectivity index (χ4n) is 2.15. The van der Waals surface area contributed by atoms with Crippen molar-refractivity contribution in [3.8, 4) is 0 Å². The van der Waals surface area contributed by atoms with Gasteiger partial charge in [-0.3, -0.25) is 9.69 Å². The van der Waals surface area contributed by atoms with Crippen LogP contribution in [0, 0.1) is 5.92 Å². The second kappa shape index (κ2) is 7.71. The molecule has 5 nitrogen and oxygen atoms in total. The SMILES string of the molecule is CCN1CCOC(CNC(=O)[C@@H](N)CC(C)C)C1. The Morgan fingerprint density at radius 3 is 2.89 bits per heavy atom. The van der Waals surface area contributed by atoms with E-state index in [1.54, 1.807) is 0 Å². The van der Waals surface area contributed by atoms with Gasteiger partial charge in [0.2, 0.25) is 5.91 Å². The van der Waals surface area contributed by atoms with Crippen LogP contribution >= 0.6 is 0 Å². The Morgan fingerprint density at radius 2 is 2.28 bits per heavy atom. The lowest BCUT2D eigenvalue weighted by Gasteiger charge is -2.32. The fraction of sp³-hybridized carbons (Fsp3) is 0.923. The van der Waals surface area contributed by atoms with Crippen LogP contribution in [0.4, 0.5) is 0 Å². The number of hydrogen-bond donors (Lipinski definition) is 2. The number of nitrogens with two attached hydrogens (primary N) is 1. The summed E-state index contributed by atoms with van der Waals surface area (Å²) in [5, 5.41) is 2.89. The number of nitrogens with zero attached hydrogens (tertiary/aromatic N) is 1. The van der Waals surface area contributed by atoms with Gasteiger partial charge in [0.15, 0.2) is 0 Å². The molecule has 1 heterocycles. The Balaban J connectivity index is 2.25. The Bertz CT molecular complexity index is 259. The summed E-state index contributed by atoms with van der Waals surface area (Å²) in [4.78, 5) is 14.1. The molecule has 2 atom stereocenters. The van der Waals surface area contributed by atoms with Crippen LogP contribution in [0.5, 0.6) is 0 Å². The molecule has 3 N–H and O–H groups in total. The van der Waals surface area contributed by atoms with Gasteiger partial charge in [0, 0.05) is 19.6 Å². The highest BCUT2D eigenvalue weighted by Gasteiger charge is 2.21. The van der Waals surface area contributed by atoms with Crippen LogP contribution in [0.15, 0.2) is 0 Å². The second-order valence-electron chi connectivity index (χ2n) is 5.37. The maximum Gasteiger partial charge on any atom is 0.237 e. The van der Waals surface area contributed by atoms with Crippen LogP contribution in [0.25, 0.3) is 0 Å². The summed E-state index contributed by atoms with van der Waals surface area (Å²) in [5.41, 5.74) is 5.82.